The van der Waals surface area contributed by atoms with E-state index in [1.807, 2.05) is 6.92 Å². The van der Waals surface area contributed by atoms with Crippen molar-refractivity contribution in [2.24, 2.45) is 29.6 Å². The van der Waals surface area contributed by atoms with E-state index in [1.165, 1.54) is 31.8 Å². The molecule has 1 aliphatic heterocycles. The van der Waals surface area contributed by atoms with Gasteiger partial charge in [0.05, 0.1) is 13.2 Å². The molecule has 0 spiro atoms. The molecule has 2 saturated carbocycles. The molecule has 0 N–H and O–H groups in total. The van der Waals surface area contributed by atoms with Crippen LogP contribution in [0.3, 0.4) is 0 Å². The number of rotatable bonds is 6. The number of ether oxygens (including phenoxy) is 2. The van der Waals surface area contributed by atoms with Gasteiger partial charge in [-0.3, -0.25) is 0 Å². The van der Waals surface area contributed by atoms with Crippen molar-refractivity contribution in [3.63, 3.8) is 0 Å². The van der Waals surface area contributed by atoms with E-state index >= 15 is 0 Å². The molecular formula is C23H36F2O2. The van der Waals surface area contributed by atoms with Crippen LogP contribution in [0.5, 0.6) is 0 Å². The lowest BCUT2D eigenvalue weighted by Gasteiger charge is -2.41. The predicted octanol–water partition coefficient (Wildman–Crippen LogP) is 6.73. The molecule has 0 aromatic heterocycles. The Hall–Kier alpha value is -0.740. The van der Waals surface area contributed by atoms with Gasteiger partial charge in [-0.25, -0.2) is 0 Å². The number of allylic oxidation sites excluding steroid dienone is 3. The van der Waals surface area contributed by atoms with Crippen LogP contribution in [0.2, 0.25) is 0 Å². The lowest BCUT2D eigenvalue weighted by Crippen LogP contribution is -2.38. The lowest BCUT2D eigenvalue weighted by molar-refractivity contribution is -0.212. The summed E-state index contributed by atoms with van der Waals surface area (Å²) in [6, 6.07) is 0. The zero-order valence-corrected chi connectivity index (χ0v) is 16.8. The van der Waals surface area contributed by atoms with Crippen molar-refractivity contribution in [1.82, 2.24) is 0 Å². The molecule has 1 heterocycles. The van der Waals surface area contributed by atoms with E-state index in [4.69, 9.17) is 9.47 Å². The maximum Gasteiger partial charge on any atom is 0.266 e. The summed E-state index contributed by atoms with van der Waals surface area (Å²) in [5.74, 6) is 2.96. The minimum atomic E-state index is -1.50. The Bertz CT molecular complexity index is 477. The van der Waals surface area contributed by atoms with Crippen LogP contribution < -0.4 is 0 Å². The third-order valence-corrected chi connectivity index (χ3v) is 7.13. The Morgan fingerprint density at radius 3 is 1.85 bits per heavy atom. The summed E-state index contributed by atoms with van der Waals surface area (Å²) >= 11 is 0. The van der Waals surface area contributed by atoms with Crippen LogP contribution in [-0.4, -0.2) is 19.5 Å². The molecule has 0 aromatic rings. The first-order chi connectivity index (χ1) is 13.2. The third kappa shape index (κ3) is 6.39. The van der Waals surface area contributed by atoms with Crippen LogP contribution >= 0.6 is 0 Å². The van der Waals surface area contributed by atoms with Crippen molar-refractivity contribution < 1.29 is 18.3 Å². The van der Waals surface area contributed by atoms with Crippen molar-refractivity contribution >= 4 is 0 Å². The fourth-order valence-corrected chi connectivity index (χ4v) is 5.44. The van der Waals surface area contributed by atoms with E-state index in [-0.39, 0.29) is 12.2 Å². The van der Waals surface area contributed by atoms with Gasteiger partial charge < -0.3 is 9.47 Å². The molecule has 2 aliphatic carbocycles. The summed E-state index contributed by atoms with van der Waals surface area (Å²) in [4.78, 5) is 0. The van der Waals surface area contributed by atoms with Gasteiger partial charge >= 0.3 is 0 Å². The van der Waals surface area contributed by atoms with Crippen molar-refractivity contribution in [2.75, 3.05) is 13.2 Å². The largest absolute Gasteiger partial charge is 0.352 e. The van der Waals surface area contributed by atoms with Gasteiger partial charge in [-0.05, 0) is 94.5 Å². The third-order valence-electron chi connectivity index (χ3n) is 7.13. The molecule has 0 unspecified atom stereocenters. The maximum absolute atomic E-state index is 12.4. The van der Waals surface area contributed by atoms with Crippen LogP contribution in [0, 0.1) is 29.6 Å². The first kappa shape index (κ1) is 21.0. The van der Waals surface area contributed by atoms with Crippen molar-refractivity contribution in [1.29, 1.82) is 0 Å². The lowest BCUT2D eigenvalue weighted by atomic mass is 9.67. The van der Waals surface area contributed by atoms with Crippen molar-refractivity contribution in [2.45, 2.75) is 77.4 Å². The molecule has 3 fully saturated rings. The summed E-state index contributed by atoms with van der Waals surface area (Å²) in [7, 11) is 0. The molecule has 3 aliphatic rings. The van der Waals surface area contributed by atoms with Gasteiger partial charge in [0.2, 0.25) is 0 Å². The number of hydrogen-bond acceptors (Lipinski definition) is 2. The van der Waals surface area contributed by atoms with Gasteiger partial charge in [0.1, 0.15) is 0 Å². The second kappa shape index (κ2) is 10.7. The smallest absolute Gasteiger partial charge is 0.266 e. The van der Waals surface area contributed by atoms with E-state index in [1.54, 1.807) is 0 Å². The normalized spacial score (nSPS) is 38.0. The molecule has 0 atom stereocenters. The van der Waals surface area contributed by atoms with Gasteiger partial charge in [0.15, 0.2) is 6.29 Å². The SMILES string of the molecule is C/C=C/CCC1OCC(C2CCC(C3CCC(C=C(F)F)CC3)CC2)CO1. The average Bonchev–Trinajstić information content (AvgIpc) is 2.69. The zero-order chi connectivity index (χ0) is 19.1. The Kier molecular flexibility index (Phi) is 8.32. The predicted molar refractivity (Wildman–Crippen MR) is 104 cm³/mol. The molecular weight excluding hydrogens is 346 g/mol. The first-order valence-electron chi connectivity index (χ1n) is 11.0. The summed E-state index contributed by atoms with van der Waals surface area (Å²) in [5.41, 5.74) is 0. The Morgan fingerprint density at radius 1 is 0.815 bits per heavy atom. The molecule has 1 saturated heterocycles. The number of halogens is 2. The Morgan fingerprint density at radius 2 is 1.33 bits per heavy atom. The van der Waals surface area contributed by atoms with E-state index in [0.717, 1.165) is 69.5 Å². The maximum atomic E-state index is 12.4. The second-order valence-electron chi connectivity index (χ2n) is 8.81. The summed E-state index contributed by atoms with van der Waals surface area (Å²) in [5, 5.41) is 0. The summed E-state index contributed by atoms with van der Waals surface area (Å²) in [6.45, 7) is 3.74. The zero-order valence-electron chi connectivity index (χ0n) is 16.8. The van der Waals surface area contributed by atoms with Crippen LogP contribution in [0.25, 0.3) is 0 Å². The molecule has 27 heavy (non-hydrogen) atoms. The number of hydrogen-bond donors (Lipinski definition) is 0. The highest BCUT2D eigenvalue weighted by Crippen LogP contribution is 2.43. The first-order valence-corrected chi connectivity index (χ1v) is 11.0. The van der Waals surface area contributed by atoms with Crippen molar-refractivity contribution in [3.8, 4) is 0 Å². The standard InChI is InChI=1S/C23H36F2O2/c1-2-3-4-5-23-26-15-21(16-27-23)20-12-10-19(11-13-20)18-8-6-17(7-9-18)14-22(24)25/h2-3,14,17-21,23H,4-13,15-16H2,1H3/b3-2+. The molecule has 0 aromatic carbocycles. The molecule has 3 rings (SSSR count). The Labute approximate surface area is 163 Å². The topological polar surface area (TPSA) is 18.5 Å². The van der Waals surface area contributed by atoms with Crippen LogP contribution in [0.1, 0.15) is 71.1 Å². The highest BCUT2D eigenvalue weighted by Gasteiger charge is 2.35. The van der Waals surface area contributed by atoms with Gasteiger partial charge in [-0.2, -0.15) is 8.78 Å². The summed E-state index contributed by atoms with van der Waals surface area (Å²) in [6.07, 6.45) is 15.2. The minimum Gasteiger partial charge on any atom is -0.352 e. The quantitative estimate of drug-likeness (QED) is 0.474. The highest BCUT2D eigenvalue weighted by atomic mass is 19.3. The second-order valence-corrected chi connectivity index (χ2v) is 8.81. The van der Waals surface area contributed by atoms with E-state index in [2.05, 4.69) is 12.2 Å². The molecule has 154 valence electrons. The van der Waals surface area contributed by atoms with Gasteiger partial charge in [0.25, 0.3) is 6.08 Å². The molecule has 0 amide bonds. The van der Waals surface area contributed by atoms with E-state index < -0.39 is 6.08 Å². The highest BCUT2D eigenvalue weighted by molar-refractivity contribution is 4.92. The fourth-order valence-electron chi connectivity index (χ4n) is 5.44. The average molecular weight is 383 g/mol. The fraction of sp³-hybridized carbons (Fsp3) is 0.826. The van der Waals surface area contributed by atoms with Gasteiger partial charge in [-0.15, -0.1) is 0 Å². The monoisotopic (exact) mass is 382 g/mol. The molecule has 0 radical (unpaired) electrons. The van der Waals surface area contributed by atoms with Gasteiger partial charge in [-0.1, -0.05) is 12.2 Å². The minimum absolute atomic E-state index is 0.0211. The van der Waals surface area contributed by atoms with Gasteiger partial charge in [0, 0.05) is 12.3 Å². The van der Waals surface area contributed by atoms with E-state index in [9.17, 15) is 8.78 Å². The summed E-state index contributed by atoms with van der Waals surface area (Å²) < 4.78 is 36.8. The van der Waals surface area contributed by atoms with Crippen LogP contribution in [0.4, 0.5) is 8.78 Å². The molecule has 4 heteroatoms. The molecule has 0 bridgehead atoms. The van der Waals surface area contributed by atoms with Crippen LogP contribution in [0.15, 0.2) is 24.3 Å². The van der Waals surface area contributed by atoms with Crippen LogP contribution in [-0.2, 0) is 9.47 Å². The van der Waals surface area contributed by atoms with E-state index in [0.29, 0.717) is 5.92 Å². The Balaban J connectivity index is 1.34. The van der Waals surface area contributed by atoms with Crippen molar-refractivity contribution in [3.05, 3.63) is 24.3 Å². The molecule has 2 nitrogen and oxygen atoms in total.